The average Bonchev–Trinajstić information content (AvgIpc) is 2.78. The number of hydrogen-bond acceptors (Lipinski definition) is 6. The van der Waals surface area contributed by atoms with Gasteiger partial charge < -0.3 is 4.74 Å². The van der Waals surface area contributed by atoms with Crippen LogP contribution in [0.1, 0.15) is 16.7 Å². The van der Waals surface area contributed by atoms with E-state index in [1.54, 1.807) is 13.0 Å². The normalized spacial score (nSPS) is 10.8. The second kappa shape index (κ2) is 5.93. The summed E-state index contributed by atoms with van der Waals surface area (Å²) in [4.78, 5) is 22.6. The van der Waals surface area contributed by atoms with E-state index in [0.717, 1.165) is 0 Å². The first-order chi connectivity index (χ1) is 8.53. The van der Waals surface area contributed by atoms with Gasteiger partial charge in [-0.3, -0.25) is 10.1 Å². The average molecular weight is 266 g/mol. The minimum absolute atomic E-state index is 0.0101. The number of carbonyl (C=O) groups excluding carboxylic acids is 1. The van der Waals surface area contributed by atoms with Crippen molar-refractivity contribution >= 4 is 29.1 Å². The van der Waals surface area contributed by atoms with Gasteiger partial charge in [0.2, 0.25) is 0 Å². The zero-order valence-electron chi connectivity index (χ0n) is 9.80. The summed E-state index contributed by atoms with van der Waals surface area (Å²) in [5.74, 6) is -0.758. The third kappa shape index (κ3) is 2.93. The maximum absolute atomic E-state index is 11.2. The molecule has 0 aliphatic rings. The molecule has 0 aliphatic carbocycles. The molecule has 0 saturated carbocycles. The summed E-state index contributed by atoms with van der Waals surface area (Å²) < 4.78 is 4.43. The van der Waals surface area contributed by atoms with E-state index in [1.165, 1.54) is 30.6 Å². The van der Waals surface area contributed by atoms with Crippen molar-refractivity contribution in [3.63, 3.8) is 0 Å². The van der Waals surface area contributed by atoms with E-state index in [2.05, 4.69) is 4.74 Å². The lowest BCUT2D eigenvalue weighted by molar-refractivity contribution is -0.385. The van der Waals surface area contributed by atoms with Gasteiger partial charge in [0.15, 0.2) is 0 Å². The molecule has 6 nitrogen and oxygen atoms in total. The van der Waals surface area contributed by atoms with Crippen molar-refractivity contribution < 1.29 is 14.5 Å². The maximum Gasteiger partial charge on any atom is 0.348 e. The van der Waals surface area contributed by atoms with Crippen LogP contribution in [0.5, 0.6) is 0 Å². The molecule has 0 amide bonds. The van der Waals surface area contributed by atoms with Crippen LogP contribution in [0.25, 0.3) is 6.08 Å². The first-order valence-electron chi connectivity index (χ1n) is 5.00. The van der Waals surface area contributed by atoms with Crippen molar-refractivity contribution in [3.8, 4) is 6.07 Å². The molecule has 7 heteroatoms. The number of nitrogens with zero attached hydrogens (tertiary/aromatic N) is 2. The predicted octanol–water partition coefficient (Wildman–Crippen LogP) is 2.30. The van der Waals surface area contributed by atoms with E-state index in [1.807, 2.05) is 0 Å². The van der Waals surface area contributed by atoms with Crippen LogP contribution < -0.4 is 0 Å². The molecule has 1 heterocycles. The van der Waals surface area contributed by atoms with Crippen molar-refractivity contribution in [1.29, 1.82) is 5.26 Å². The molecule has 0 fully saturated rings. The summed E-state index contributed by atoms with van der Waals surface area (Å²) in [5, 5.41) is 19.6. The molecule has 0 bridgehead atoms. The Bertz CT molecular complexity index is 554. The topological polar surface area (TPSA) is 93.2 Å². The molecule has 0 saturated heterocycles. The SMILES string of the molecule is CCc1sc(/C=C(/C#N)C(=O)OC)cc1[N+](=O)[O-]. The number of nitriles is 1. The molecule has 1 rings (SSSR count). The first kappa shape index (κ1) is 13.9. The summed E-state index contributed by atoms with van der Waals surface area (Å²) in [6.07, 6.45) is 1.82. The summed E-state index contributed by atoms with van der Waals surface area (Å²) in [6.45, 7) is 1.80. The van der Waals surface area contributed by atoms with Crippen molar-refractivity contribution in [1.82, 2.24) is 0 Å². The van der Waals surface area contributed by atoms with Gasteiger partial charge in [0.25, 0.3) is 5.69 Å². The Labute approximate surface area is 107 Å². The Morgan fingerprint density at radius 3 is 2.78 bits per heavy atom. The molecular weight excluding hydrogens is 256 g/mol. The quantitative estimate of drug-likeness (QED) is 0.274. The van der Waals surface area contributed by atoms with Crippen LogP contribution in [-0.2, 0) is 16.0 Å². The third-order valence-corrected chi connectivity index (χ3v) is 3.35. The van der Waals surface area contributed by atoms with E-state index in [0.29, 0.717) is 16.2 Å². The Morgan fingerprint density at radius 1 is 1.72 bits per heavy atom. The van der Waals surface area contributed by atoms with Gasteiger partial charge in [-0.1, -0.05) is 6.92 Å². The fourth-order valence-corrected chi connectivity index (χ4v) is 2.32. The second-order valence-corrected chi connectivity index (χ2v) is 4.40. The van der Waals surface area contributed by atoms with Gasteiger partial charge in [0.05, 0.1) is 16.9 Å². The van der Waals surface area contributed by atoms with Crippen LogP contribution in [0, 0.1) is 21.4 Å². The number of ether oxygens (including phenoxy) is 1. The lowest BCUT2D eigenvalue weighted by Crippen LogP contribution is -2.02. The molecular formula is C11H10N2O4S. The fourth-order valence-electron chi connectivity index (χ4n) is 1.31. The molecule has 0 aromatic carbocycles. The number of carbonyl (C=O) groups is 1. The van der Waals surface area contributed by atoms with Crippen LogP contribution in [0.4, 0.5) is 5.69 Å². The summed E-state index contributed by atoms with van der Waals surface area (Å²) in [7, 11) is 1.17. The number of nitro groups is 1. The number of rotatable bonds is 4. The number of methoxy groups -OCH3 is 1. The Balaban J connectivity index is 3.19. The van der Waals surface area contributed by atoms with E-state index < -0.39 is 10.9 Å². The van der Waals surface area contributed by atoms with E-state index in [4.69, 9.17) is 5.26 Å². The molecule has 0 radical (unpaired) electrons. The Morgan fingerprint density at radius 2 is 2.39 bits per heavy atom. The largest absolute Gasteiger partial charge is 0.465 e. The monoisotopic (exact) mass is 266 g/mol. The van der Waals surface area contributed by atoms with Crippen LogP contribution >= 0.6 is 11.3 Å². The second-order valence-electron chi connectivity index (χ2n) is 3.23. The van der Waals surface area contributed by atoms with Crippen molar-refractivity contribution in [2.75, 3.05) is 7.11 Å². The molecule has 18 heavy (non-hydrogen) atoms. The number of esters is 1. The molecule has 1 aromatic rings. The standard InChI is InChI=1S/C11H10N2O4S/c1-3-10-9(13(15)16)5-8(18-10)4-7(6-12)11(14)17-2/h4-5H,3H2,1-2H3/b7-4-. The maximum atomic E-state index is 11.2. The molecule has 0 spiro atoms. The molecule has 0 aliphatic heterocycles. The van der Waals surface area contributed by atoms with Gasteiger partial charge in [-0.2, -0.15) is 5.26 Å². The number of aryl methyl sites for hydroxylation is 1. The summed E-state index contributed by atoms with van der Waals surface area (Å²) in [6, 6.07) is 3.05. The molecule has 94 valence electrons. The van der Waals surface area contributed by atoms with Crippen LogP contribution in [-0.4, -0.2) is 18.0 Å². The minimum Gasteiger partial charge on any atom is -0.465 e. The van der Waals surface area contributed by atoms with E-state index in [-0.39, 0.29) is 11.3 Å². The number of hydrogen-bond donors (Lipinski definition) is 0. The van der Waals surface area contributed by atoms with Gasteiger partial charge in [0, 0.05) is 10.9 Å². The summed E-state index contributed by atoms with van der Waals surface area (Å²) in [5.41, 5.74) is -0.174. The van der Waals surface area contributed by atoms with Crippen LogP contribution in [0.2, 0.25) is 0 Å². The predicted molar refractivity (Wildman–Crippen MR) is 66.0 cm³/mol. The third-order valence-electron chi connectivity index (χ3n) is 2.14. The van der Waals surface area contributed by atoms with Crippen molar-refractivity contribution in [2.45, 2.75) is 13.3 Å². The molecule has 0 N–H and O–H groups in total. The van der Waals surface area contributed by atoms with Gasteiger partial charge in [0.1, 0.15) is 11.6 Å². The highest BCUT2D eigenvalue weighted by atomic mass is 32.1. The highest BCUT2D eigenvalue weighted by molar-refractivity contribution is 7.13. The molecule has 0 atom stereocenters. The zero-order valence-corrected chi connectivity index (χ0v) is 10.6. The smallest absolute Gasteiger partial charge is 0.348 e. The minimum atomic E-state index is -0.758. The Hall–Kier alpha value is -2.20. The lowest BCUT2D eigenvalue weighted by atomic mass is 10.2. The highest BCUT2D eigenvalue weighted by Crippen LogP contribution is 2.31. The lowest BCUT2D eigenvalue weighted by Gasteiger charge is -1.93. The van der Waals surface area contributed by atoms with Crippen LogP contribution in [0.3, 0.4) is 0 Å². The zero-order chi connectivity index (χ0) is 13.7. The van der Waals surface area contributed by atoms with Gasteiger partial charge in [-0.25, -0.2) is 4.79 Å². The number of thiophene rings is 1. The van der Waals surface area contributed by atoms with Crippen molar-refractivity contribution in [3.05, 3.63) is 31.5 Å². The van der Waals surface area contributed by atoms with Gasteiger partial charge in [-0.15, -0.1) is 11.3 Å². The molecule has 0 unspecified atom stereocenters. The van der Waals surface area contributed by atoms with Gasteiger partial charge >= 0.3 is 5.97 Å². The molecule has 1 aromatic heterocycles. The fraction of sp³-hybridized carbons (Fsp3) is 0.273. The Kier molecular flexibility index (Phi) is 4.57. The van der Waals surface area contributed by atoms with E-state index in [9.17, 15) is 14.9 Å². The first-order valence-corrected chi connectivity index (χ1v) is 5.82. The van der Waals surface area contributed by atoms with Gasteiger partial charge in [-0.05, 0) is 12.5 Å². The summed E-state index contributed by atoms with van der Waals surface area (Å²) >= 11 is 1.18. The van der Waals surface area contributed by atoms with Crippen LogP contribution in [0.15, 0.2) is 11.6 Å². The van der Waals surface area contributed by atoms with E-state index >= 15 is 0 Å². The highest BCUT2D eigenvalue weighted by Gasteiger charge is 2.18. The van der Waals surface area contributed by atoms with Crippen molar-refractivity contribution in [2.24, 2.45) is 0 Å².